The summed E-state index contributed by atoms with van der Waals surface area (Å²) in [6.07, 6.45) is 0. The maximum absolute atomic E-state index is 12.7. The van der Waals surface area contributed by atoms with Gasteiger partial charge in [0.05, 0.1) is 27.9 Å². The van der Waals surface area contributed by atoms with Crippen LogP contribution in [0.25, 0.3) is 10.9 Å². The lowest BCUT2D eigenvalue weighted by Gasteiger charge is -2.00. The molecular weight excluding hydrogens is 376 g/mol. The Kier molecular flexibility index (Phi) is 3.07. The van der Waals surface area contributed by atoms with Crippen molar-refractivity contribution in [1.29, 1.82) is 0 Å². The van der Waals surface area contributed by atoms with Gasteiger partial charge in [-0.1, -0.05) is 12.1 Å². The predicted molar refractivity (Wildman–Crippen MR) is 91.6 cm³/mol. The highest BCUT2D eigenvalue weighted by atomic mass is 79.9. The number of nitrogens with zero attached hydrogens (tertiary/aromatic N) is 1. The molecule has 118 valence electrons. The van der Waals surface area contributed by atoms with Gasteiger partial charge >= 0.3 is 5.97 Å². The van der Waals surface area contributed by atoms with E-state index in [0.717, 1.165) is 4.47 Å². The number of rotatable bonds is 2. The second-order valence-electron chi connectivity index (χ2n) is 5.34. The Bertz CT molecular complexity index is 1080. The summed E-state index contributed by atoms with van der Waals surface area (Å²) in [6.45, 7) is 0. The first-order chi connectivity index (χ1) is 11.5. The van der Waals surface area contributed by atoms with E-state index in [9.17, 15) is 14.7 Å². The molecule has 0 bridgehead atoms. The Hall–Kier alpha value is -2.93. The first kappa shape index (κ1) is 14.6. The molecule has 3 aromatic rings. The summed E-state index contributed by atoms with van der Waals surface area (Å²) >= 11 is 3.39. The number of nitrogens with one attached hydrogen (secondary N) is 1. The molecule has 2 aromatic carbocycles. The fraction of sp³-hybridized carbons (Fsp3) is 0. The number of hydrogen-bond donors (Lipinski definition) is 3. The molecule has 0 atom stereocenters. The van der Waals surface area contributed by atoms with Crippen molar-refractivity contribution in [1.82, 2.24) is 4.98 Å². The van der Waals surface area contributed by atoms with Crippen molar-refractivity contribution < 1.29 is 19.8 Å². The number of aliphatic imine (C=N–C) groups is 1. The fourth-order valence-corrected chi connectivity index (χ4v) is 3.29. The highest BCUT2D eigenvalue weighted by Gasteiger charge is 2.31. The third kappa shape index (κ3) is 1.98. The van der Waals surface area contributed by atoms with Crippen molar-refractivity contribution in [2.24, 2.45) is 4.99 Å². The molecule has 0 amide bonds. The summed E-state index contributed by atoms with van der Waals surface area (Å²) in [7, 11) is 0. The van der Waals surface area contributed by atoms with Crippen molar-refractivity contribution in [3.05, 3.63) is 57.6 Å². The Morgan fingerprint density at radius 2 is 2.00 bits per heavy atom. The lowest BCUT2D eigenvalue weighted by atomic mass is 10.0. The minimum absolute atomic E-state index is 0.0180. The van der Waals surface area contributed by atoms with Crippen LogP contribution in [0.15, 0.2) is 45.9 Å². The topological polar surface area (TPSA) is 103 Å². The fourth-order valence-electron chi connectivity index (χ4n) is 2.82. The van der Waals surface area contributed by atoms with Crippen molar-refractivity contribution >= 4 is 50.0 Å². The van der Waals surface area contributed by atoms with Crippen LogP contribution in [-0.4, -0.2) is 32.7 Å². The molecule has 2 heterocycles. The number of carboxylic acid groups (broad SMARTS) is 1. The lowest BCUT2D eigenvalue weighted by Crippen LogP contribution is -2.11. The number of aromatic amines is 1. The van der Waals surface area contributed by atoms with Crippen molar-refractivity contribution in [3.63, 3.8) is 0 Å². The lowest BCUT2D eigenvalue weighted by molar-refractivity contribution is 0.0697. The van der Waals surface area contributed by atoms with E-state index in [1.165, 1.54) is 18.2 Å². The Morgan fingerprint density at radius 1 is 1.21 bits per heavy atom. The molecule has 0 radical (unpaired) electrons. The van der Waals surface area contributed by atoms with Gasteiger partial charge in [0.1, 0.15) is 5.71 Å². The molecule has 1 aromatic heterocycles. The molecule has 6 nitrogen and oxygen atoms in total. The van der Waals surface area contributed by atoms with Crippen LogP contribution in [0.5, 0.6) is 5.88 Å². The minimum Gasteiger partial charge on any atom is -0.494 e. The molecule has 4 rings (SSSR count). The summed E-state index contributed by atoms with van der Waals surface area (Å²) in [4.78, 5) is 30.9. The standard InChI is InChI=1S/C17H9BrN2O4/c18-10-3-1-2-8-12(16(22)20-13(8)10)14-15(21)9-6-7(17(23)24)4-5-11(9)19-14/h1-6,20,22H,(H,23,24). The number of ketones is 1. The number of fused-ring (bicyclic) bond motifs is 2. The number of aromatic nitrogens is 1. The van der Waals surface area contributed by atoms with E-state index in [2.05, 4.69) is 25.9 Å². The molecule has 7 heteroatoms. The van der Waals surface area contributed by atoms with Crippen LogP contribution in [0.2, 0.25) is 0 Å². The first-order valence-electron chi connectivity index (χ1n) is 6.97. The number of aromatic hydroxyl groups is 1. The monoisotopic (exact) mass is 384 g/mol. The van der Waals surface area contributed by atoms with E-state index in [4.69, 9.17) is 5.11 Å². The summed E-state index contributed by atoms with van der Waals surface area (Å²) in [5, 5.41) is 20.0. The van der Waals surface area contributed by atoms with Crippen LogP contribution in [0.4, 0.5) is 5.69 Å². The molecule has 0 fully saturated rings. The summed E-state index contributed by atoms with van der Waals surface area (Å²) in [5.41, 5.74) is 1.68. The normalized spacial score (nSPS) is 13.2. The van der Waals surface area contributed by atoms with E-state index in [1.54, 1.807) is 12.1 Å². The van der Waals surface area contributed by atoms with Gasteiger partial charge in [0.25, 0.3) is 0 Å². The van der Waals surface area contributed by atoms with Gasteiger partial charge in [0, 0.05) is 9.86 Å². The molecule has 24 heavy (non-hydrogen) atoms. The van der Waals surface area contributed by atoms with E-state index in [1.807, 2.05) is 6.07 Å². The van der Waals surface area contributed by atoms with Gasteiger partial charge in [0.15, 0.2) is 5.88 Å². The number of Topliss-reactive ketones (excluding diaryl/α,β-unsaturated/α-hetero) is 1. The number of hydrogen-bond acceptors (Lipinski definition) is 4. The number of benzene rings is 2. The molecule has 3 N–H and O–H groups in total. The summed E-state index contributed by atoms with van der Waals surface area (Å²) in [6, 6.07) is 9.57. The average Bonchev–Trinajstić information content (AvgIpc) is 3.05. The van der Waals surface area contributed by atoms with Crippen LogP contribution in [0.1, 0.15) is 26.3 Å². The second kappa shape index (κ2) is 5.04. The molecule has 0 spiro atoms. The number of carbonyl (C=O) groups is 2. The van der Waals surface area contributed by atoms with Crippen LogP contribution in [0, 0.1) is 0 Å². The minimum atomic E-state index is -1.11. The third-order valence-electron chi connectivity index (χ3n) is 3.94. The van der Waals surface area contributed by atoms with E-state index >= 15 is 0 Å². The van der Waals surface area contributed by atoms with Crippen molar-refractivity contribution in [2.75, 3.05) is 0 Å². The highest BCUT2D eigenvalue weighted by Crippen LogP contribution is 2.37. The predicted octanol–water partition coefficient (Wildman–Crippen LogP) is 3.65. The summed E-state index contributed by atoms with van der Waals surface area (Å²) < 4.78 is 0.748. The third-order valence-corrected chi connectivity index (χ3v) is 4.60. The zero-order valence-electron chi connectivity index (χ0n) is 12.0. The average molecular weight is 385 g/mol. The number of H-pyrrole nitrogens is 1. The first-order valence-corrected chi connectivity index (χ1v) is 7.77. The van der Waals surface area contributed by atoms with Gasteiger partial charge in [-0.25, -0.2) is 9.79 Å². The molecule has 1 aliphatic heterocycles. The van der Waals surface area contributed by atoms with Crippen molar-refractivity contribution in [3.8, 4) is 5.88 Å². The molecule has 0 aliphatic carbocycles. The second-order valence-corrected chi connectivity index (χ2v) is 6.19. The smallest absolute Gasteiger partial charge is 0.335 e. The van der Waals surface area contributed by atoms with Gasteiger partial charge in [0.2, 0.25) is 5.78 Å². The summed E-state index contributed by atoms with van der Waals surface area (Å²) in [5.74, 6) is -1.68. The Labute approximate surface area is 143 Å². The van der Waals surface area contributed by atoms with E-state index in [-0.39, 0.29) is 22.7 Å². The molecule has 0 unspecified atom stereocenters. The maximum Gasteiger partial charge on any atom is 0.335 e. The number of aromatic carboxylic acids is 1. The number of halogens is 1. The molecule has 1 aliphatic rings. The van der Waals surface area contributed by atoms with E-state index in [0.29, 0.717) is 22.2 Å². The van der Waals surface area contributed by atoms with Gasteiger partial charge in [-0.05, 0) is 40.2 Å². The largest absolute Gasteiger partial charge is 0.494 e. The Balaban J connectivity index is 1.91. The van der Waals surface area contributed by atoms with Gasteiger partial charge in [-0.15, -0.1) is 0 Å². The Morgan fingerprint density at radius 3 is 2.75 bits per heavy atom. The number of para-hydroxylation sites is 1. The quantitative estimate of drug-likeness (QED) is 0.627. The molecule has 0 saturated heterocycles. The zero-order chi connectivity index (χ0) is 17.0. The number of carbonyl (C=O) groups excluding carboxylic acids is 1. The number of carboxylic acids is 1. The van der Waals surface area contributed by atoms with Gasteiger partial charge < -0.3 is 15.2 Å². The molecule has 0 saturated carbocycles. The van der Waals surface area contributed by atoms with E-state index < -0.39 is 11.8 Å². The van der Waals surface area contributed by atoms with Crippen molar-refractivity contribution in [2.45, 2.75) is 0 Å². The van der Waals surface area contributed by atoms with Gasteiger partial charge in [-0.2, -0.15) is 0 Å². The van der Waals surface area contributed by atoms with Crippen LogP contribution in [-0.2, 0) is 0 Å². The van der Waals surface area contributed by atoms with Crippen LogP contribution >= 0.6 is 15.9 Å². The van der Waals surface area contributed by atoms with Crippen LogP contribution in [0.3, 0.4) is 0 Å². The van der Waals surface area contributed by atoms with Crippen LogP contribution < -0.4 is 0 Å². The highest BCUT2D eigenvalue weighted by molar-refractivity contribution is 9.10. The molecular formula is C17H9BrN2O4. The SMILES string of the molecule is O=C(O)c1ccc2c(c1)C(=O)C(c1c(O)[nH]c3c(Br)cccc13)=N2. The van der Waals surface area contributed by atoms with Gasteiger partial charge in [-0.3, -0.25) is 4.79 Å². The zero-order valence-corrected chi connectivity index (χ0v) is 13.6. The maximum atomic E-state index is 12.7.